The van der Waals surface area contributed by atoms with Crippen molar-refractivity contribution in [3.8, 4) is 0 Å². The van der Waals surface area contributed by atoms with E-state index in [4.69, 9.17) is 0 Å². The van der Waals surface area contributed by atoms with Crippen molar-refractivity contribution in [3.05, 3.63) is 83.9 Å². The van der Waals surface area contributed by atoms with Gasteiger partial charge in [-0.3, -0.25) is 9.78 Å². The summed E-state index contributed by atoms with van der Waals surface area (Å²) in [5, 5.41) is 7.17. The number of amides is 1. The fourth-order valence-electron chi connectivity index (χ4n) is 2.95. The summed E-state index contributed by atoms with van der Waals surface area (Å²) >= 11 is 0. The summed E-state index contributed by atoms with van der Waals surface area (Å²) in [5.74, 6) is 0.245. The molecule has 0 aliphatic heterocycles. The van der Waals surface area contributed by atoms with Crippen LogP contribution in [0.1, 0.15) is 21.6 Å². The molecule has 0 unspecified atom stereocenters. The zero-order valence-electron chi connectivity index (χ0n) is 15.6. The van der Waals surface area contributed by atoms with Crippen molar-refractivity contribution in [3.63, 3.8) is 0 Å². The second kappa shape index (κ2) is 7.44. The lowest BCUT2D eigenvalue weighted by atomic mass is 10.1. The zero-order chi connectivity index (χ0) is 19.5. The number of carbonyl (C=O) groups is 1. The van der Waals surface area contributed by atoms with Gasteiger partial charge in [0, 0.05) is 23.3 Å². The Hall–Kier alpha value is -3.80. The Kier molecular flexibility index (Phi) is 4.68. The van der Waals surface area contributed by atoms with E-state index in [1.54, 1.807) is 12.3 Å². The maximum atomic E-state index is 12.7. The molecule has 2 N–H and O–H groups in total. The lowest BCUT2D eigenvalue weighted by molar-refractivity contribution is 0.102. The van der Waals surface area contributed by atoms with Crippen LogP contribution in [0.25, 0.3) is 10.9 Å². The Bertz CT molecular complexity index is 1170. The Morgan fingerprint density at radius 2 is 1.75 bits per heavy atom. The topological polar surface area (TPSA) is 79.8 Å². The predicted molar refractivity (Wildman–Crippen MR) is 111 cm³/mol. The van der Waals surface area contributed by atoms with Crippen molar-refractivity contribution in [2.45, 2.75) is 13.8 Å². The third-order valence-corrected chi connectivity index (χ3v) is 4.44. The predicted octanol–water partition coefficient (Wildman–Crippen LogP) is 4.64. The van der Waals surface area contributed by atoms with Gasteiger partial charge in [-0.05, 0) is 43.2 Å². The van der Waals surface area contributed by atoms with Crippen LogP contribution in [0, 0.1) is 13.8 Å². The number of aromatic nitrogens is 3. The number of anilines is 3. The summed E-state index contributed by atoms with van der Waals surface area (Å²) in [5.41, 5.74) is 4.79. The van der Waals surface area contributed by atoms with Crippen molar-refractivity contribution < 1.29 is 4.79 Å². The number of nitrogens with zero attached hydrogens (tertiary/aromatic N) is 3. The van der Waals surface area contributed by atoms with Crippen molar-refractivity contribution in [1.82, 2.24) is 15.0 Å². The van der Waals surface area contributed by atoms with Gasteiger partial charge >= 0.3 is 0 Å². The quantitative estimate of drug-likeness (QED) is 0.548. The highest BCUT2D eigenvalue weighted by Gasteiger charge is 2.11. The van der Waals surface area contributed by atoms with E-state index in [0.29, 0.717) is 5.82 Å². The van der Waals surface area contributed by atoms with Crippen LogP contribution < -0.4 is 10.6 Å². The average Bonchev–Trinajstić information content (AvgIpc) is 2.71. The van der Waals surface area contributed by atoms with Gasteiger partial charge in [0.25, 0.3) is 5.91 Å². The van der Waals surface area contributed by atoms with Crippen molar-refractivity contribution >= 4 is 34.0 Å². The first-order valence-electron chi connectivity index (χ1n) is 8.91. The van der Waals surface area contributed by atoms with Crippen LogP contribution in [0.3, 0.4) is 0 Å². The number of fused-ring (bicyclic) bond motifs is 1. The second-order valence-electron chi connectivity index (χ2n) is 6.57. The molecule has 0 radical (unpaired) electrons. The number of aryl methyl sites for hydroxylation is 2. The third-order valence-electron chi connectivity index (χ3n) is 4.44. The molecule has 2 aromatic carbocycles. The Morgan fingerprint density at radius 3 is 2.64 bits per heavy atom. The van der Waals surface area contributed by atoms with Gasteiger partial charge in [0.15, 0.2) is 0 Å². The molecule has 0 spiro atoms. The van der Waals surface area contributed by atoms with Crippen LogP contribution in [0.15, 0.2) is 67.1 Å². The molecule has 0 atom stereocenters. The van der Waals surface area contributed by atoms with E-state index in [1.807, 2.05) is 62.4 Å². The molecule has 0 fully saturated rings. The zero-order valence-corrected chi connectivity index (χ0v) is 15.6. The van der Waals surface area contributed by atoms with E-state index in [0.717, 1.165) is 33.4 Å². The maximum Gasteiger partial charge on any atom is 0.274 e. The molecule has 1 amide bonds. The highest BCUT2D eigenvalue weighted by molar-refractivity contribution is 6.03. The van der Waals surface area contributed by atoms with Crippen LogP contribution in [0.2, 0.25) is 0 Å². The fourth-order valence-corrected chi connectivity index (χ4v) is 2.95. The normalized spacial score (nSPS) is 10.6. The van der Waals surface area contributed by atoms with Gasteiger partial charge in [-0.25, -0.2) is 9.97 Å². The van der Waals surface area contributed by atoms with Crippen molar-refractivity contribution in [1.29, 1.82) is 0 Å². The van der Waals surface area contributed by atoms with Crippen LogP contribution in [-0.2, 0) is 0 Å². The molecule has 2 aromatic heterocycles. The molecule has 6 heteroatoms. The molecule has 28 heavy (non-hydrogen) atoms. The van der Waals surface area contributed by atoms with Crippen molar-refractivity contribution in [2.24, 2.45) is 0 Å². The van der Waals surface area contributed by atoms with Crippen molar-refractivity contribution in [2.75, 3.05) is 10.6 Å². The first-order chi connectivity index (χ1) is 13.6. The highest BCUT2D eigenvalue weighted by Crippen LogP contribution is 2.24. The summed E-state index contributed by atoms with van der Waals surface area (Å²) in [6.45, 7) is 3.94. The molecule has 0 bridgehead atoms. The van der Waals surface area contributed by atoms with Crippen LogP contribution in [0.5, 0.6) is 0 Å². The van der Waals surface area contributed by atoms with Gasteiger partial charge in [-0.15, -0.1) is 0 Å². The molecular formula is C22H19N5O. The first-order valence-corrected chi connectivity index (χ1v) is 8.91. The first kappa shape index (κ1) is 17.6. The van der Waals surface area contributed by atoms with E-state index in [2.05, 4.69) is 25.6 Å². The molecule has 4 aromatic rings. The second-order valence-corrected chi connectivity index (χ2v) is 6.57. The molecule has 0 saturated heterocycles. The number of para-hydroxylation sites is 1. The number of hydrogen-bond acceptors (Lipinski definition) is 5. The number of benzene rings is 2. The molecular weight excluding hydrogens is 350 g/mol. The van der Waals surface area contributed by atoms with E-state index in [9.17, 15) is 4.79 Å². The van der Waals surface area contributed by atoms with Gasteiger partial charge in [0.2, 0.25) is 0 Å². The maximum absolute atomic E-state index is 12.7. The fraction of sp³-hybridized carbons (Fsp3) is 0.0909. The summed E-state index contributed by atoms with van der Waals surface area (Å²) in [7, 11) is 0. The average molecular weight is 369 g/mol. The lowest BCUT2D eigenvalue weighted by Crippen LogP contribution is -2.15. The number of nitrogens with one attached hydrogen (secondary N) is 2. The molecule has 2 heterocycles. The largest absolute Gasteiger partial charge is 0.338 e. The van der Waals surface area contributed by atoms with E-state index in [-0.39, 0.29) is 11.6 Å². The van der Waals surface area contributed by atoms with E-state index >= 15 is 0 Å². The van der Waals surface area contributed by atoms with Gasteiger partial charge in [-0.2, -0.15) is 0 Å². The lowest BCUT2D eigenvalue weighted by Gasteiger charge is -2.11. The summed E-state index contributed by atoms with van der Waals surface area (Å²) < 4.78 is 0. The molecule has 0 saturated carbocycles. The molecule has 138 valence electrons. The highest BCUT2D eigenvalue weighted by atomic mass is 16.1. The third kappa shape index (κ3) is 3.66. The molecule has 0 aliphatic carbocycles. The van der Waals surface area contributed by atoms with Gasteiger partial charge in [0.1, 0.15) is 17.8 Å². The molecule has 0 aliphatic rings. The van der Waals surface area contributed by atoms with Gasteiger partial charge < -0.3 is 10.6 Å². The Morgan fingerprint density at radius 1 is 0.893 bits per heavy atom. The standard InChI is InChI=1S/C22H19N5O/c1-14-8-9-15(2)18(11-14)27-22(28)19-12-20(25-13-24-19)26-17-7-3-5-16-6-4-10-23-21(16)17/h3-13H,1-2H3,(H,27,28)(H,24,25,26). The molecule has 6 nitrogen and oxygen atoms in total. The summed E-state index contributed by atoms with van der Waals surface area (Å²) in [6, 6.07) is 17.3. The Balaban J connectivity index is 1.59. The number of carbonyl (C=O) groups excluding carboxylic acids is 1. The minimum atomic E-state index is -0.282. The summed E-state index contributed by atoms with van der Waals surface area (Å²) in [6.07, 6.45) is 3.12. The monoisotopic (exact) mass is 369 g/mol. The number of hydrogen-bond donors (Lipinski definition) is 2. The van der Waals surface area contributed by atoms with Gasteiger partial charge in [0.05, 0.1) is 11.2 Å². The smallest absolute Gasteiger partial charge is 0.274 e. The number of pyridine rings is 1. The van der Waals surface area contributed by atoms with E-state index < -0.39 is 0 Å². The van der Waals surface area contributed by atoms with E-state index in [1.165, 1.54) is 6.33 Å². The minimum Gasteiger partial charge on any atom is -0.338 e. The van der Waals surface area contributed by atoms with Crippen LogP contribution in [-0.4, -0.2) is 20.9 Å². The van der Waals surface area contributed by atoms with Crippen LogP contribution in [0.4, 0.5) is 17.2 Å². The summed E-state index contributed by atoms with van der Waals surface area (Å²) in [4.78, 5) is 25.4. The molecule has 4 rings (SSSR count). The Labute approximate surface area is 162 Å². The SMILES string of the molecule is Cc1ccc(C)c(NC(=O)c2cc(Nc3cccc4cccnc34)ncn2)c1. The van der Waals surface area contributed by atoms with Crippen LogP contribution >= 0.6 is 0 Å². The number of rotatable bonds is 4. The van der Waals surface area contributed by atoms with Gasteiger partial charge in [-0.1, -0.05) is 30.3 Å². The minimum absolute atomic E-state index is 0.282.